The van der Waals surface area contributed by atoms with E-state index in [2.05, 4.69) is 39.8 Å². The van der Waals surface area contributed by atoms with E-state index in [0.29, 0.717) is 11.8 Å². The van der Waals surface area contributed by atoms with Crippen molar-refractivity contribution in [2.75, 3.05) is 12.3 Å². The molecule has 0 fully saturated rings. The van der Waals surface area contributed by atoms with Crippen LogP contribution in [0.4, 0.5) is 5.69 Å². The molecule has 0 aliphatic heterocycles. The van der Waals surface area contributed by atoms with Crippen molar-refractivity contribution in [2.24, 2.45) is 11.8 Å². The second kappa shape index (κ2) is 6.65. The van der Waals surface area contributed by atoms with Gasteiger partial charge in [0.25, 0.3) is 0 Å². The second-order valence-corrected chi connectivity index (χ2v) is 5.51. The van der Waals surface area contributed by atoms with E-state index in [1.54, 1.807) is 0 Å². The fourth-order valence-corrected chi connectivity index (χ4v) is 1.75. The quantitative estimate of drug-likeness (QED) is 0.756. The van der Waals surface area contributed by atoms with E-state index in [1.165, 1.54) is 5.56 Å². The first-order valence-electron chi connectivity index (χ1n) is 6.46. The Bertz CT molecular complexity index is 316. The van der Waals surface area contributed by atoms with Crippen LogP contribution in [0.2, 0.25) is 0 Å². The molecule has 0 aromatic heterocycles. The number of ether oxygens (including phenoxy) is 1. The molecule has 17 heavy (non-hydrogen) atoms. The van der Waals surface area contributed by atoms with Crippen LogP contribution in [0.5, 0.6) is 0 Å². The molecule has 0 aliphatic rings. The molecular formula is C15H25NO. The molecule has 2 heteroatoms. The summed E-state index contributed by atoms with van der Waals surface area (Å²) in [5.41, 5.74) is 7.75. The number of hydrogen-bond donors (Lipinski definition) is 1. The Labute approximate surface area is 105 Å². The molecule has 2 nitrogen and oxygen atoms in total. The molecular weight excluding hydrogens is 210 g/mol. The van der Waals surface area contributed by atoms with Crippen LogP contribution in [0.3, 0.4) is 0 Å². The summed E-state index contributed by atoms with van der Waals surface area (Å²) in [6, 6.07) is 8.04. The lowest BCUT2D eigenvalue weighted by atomic mass is 9.99. The van der Waals surface area contributed by atoms with Crippen LogP contribution in [0.1, 0.15) is 45.8 Å². The Morgan fingerprint density at radius 2 is 1.59 bits per heavy atom. The number of rotatable bonds is 6. The molecule has 1 aromatic carbocycles. The molecule has 96 valence electrons. The summed E-state index contributed by atoms with van der Waals surface area (Å²) < 4.78 is 6.00. The first kappa shape index (κ1) is 14.0. The van der Waals surface area contributed by atoms with Gasteiger partial charge in [-0.15, -0.1) is 0 Å². The zero-order chi connectivity index (χ0) is 12.8. The minimum Gasteiger partial charge on any atom is -0.399 e. The van der Waals surface area contributed by atoms with Crippen molar-refractivity contribution in [3.05, 3.63) is 29.8 Å². The lowest BCUT2D eigenvalue weighted by molar-refractivity contribution is 0.0221. The molecule has 0 aliphatic carbocycles. The fraction of sp³-hybridized carbons (Fsp3) is 0.600. The predicted molar refractivity (Wildman–Crippen MR) is 73.8 cm³/mol. The largest absolute Gasteiger partial charge is 0.399 e. The molecule has 1 rings (SSSR count). The maximum Gasteiger partial charge on any atom is 0.0827 e. The first-order chi connectivity index (χ1) is 7.99. The van der Waals surface area contributed by atoms with Crippen LogP contribution in [0.15, 0.2) is 24.3 Å². The fourth-order valence-electron chi connectivity index (χ4n) is 1.75. The molecule has 0 heterocycles. The molecule has 0 saturated carbocycles. The molecule has 0 unspecified atom stereocenters. The lowest BCUT2D eigenvalue weighted by Gasteiger charge is -2.21. The maximum absolute atomic E-state index is 6.00. The summed E-state index contributed by atoms with van der Waals surface area (Å²) in [4.78, 5) is 0. The second-order valence-electron chi connectivity index (χ2n) is 5.51. The van der Waals surface area contributed by atoms with Crippen molar-refractivity contribution in [1.29, 1.82) is 0 Å². The van der Waals surface area contributed by atoms with Crippen molar-refractivity contribution < 1.29 is 4.74 Å². The molecule has 1 aromatic rings. The normalized spacial score (nSPS) is 13.3. The van der Waals surface area contributed by atoms with Crippen LogP contribution in [-0.2, 0) is 4.74 Å². The number of hydrogen-bond acceptors (Lipinski definition) is 2. The number of nitrogen functional groups attached to an aromatic ring is 1. The van der Waals surface area contributed by atoms with Crippen molar-refractivity contribution in [3.8, 4) is 0 Å². The topological polar surface area (TPSA) is 35.2 Å². The molecule has 0 amide bonds. The van der Waals surface area contributed by atoms with E-state index in [9.17, 15) is 0 Å². The van der Waals surface area contributed by atoms with Gasteiger partial charge in [0, 0.05) is 12.3 Å². The number of nitrogens with two attached hydrogens (primary N) is 1. The Balaban J connectivity index is 2.70. The monoisotopic (exact) mass is 235 g/mol. The van der Waals surface area contributed by atoms with Crippen LogP contribution in [0, 0.1) is 11.8 Å². The lowest BCUT2D eigenvalue weighted by Crippen LogP contribution is -2.11. The smallest absolute Gasteiger partial charge is 0.0827 e. The van der Waals surface area contributed by atoms with Gasteiger partial charge in [-0.3, -0.25) is 0 Å². The number of benzene rings is 1. The van der Waals surface area contributed by atoms with Crippen molar-refractivity contribution >= 4 is 5.69 Å². The van der Waals surface area contributed by atoms with Crippen LogP contribution in [0.25, 0.3) is 0 Å². The van der Waals surface area contributed by atoms with E-state index in [4.69, 9.17) is 10.5 Å². The van der Waals surface area contributed by atoms with E-state index < -0.39 is 0 Å². The molecule has 0 radical (unpaired) electrons. The molecule has 2 N–H and O–H groups in total. The van der Waals surface area contributed by atoms with E-state index in [1.807, 2.05) is 12.1 Å². The predicted octanol–water partition coefficient (Wildman–Crippen LogP) is 4.03. The maximum atomic E-state index is 6.00. The summed E-state index contributed by atoms with van der Waals surface area (Å²) in [6.45, 7) is 9.61. The Hall–Kier alpha value is -1.02. The van der Waals surface area contributed by atoms with E-state index >= 15 is 0 Å². The summed E-state index contributed by atoms with van der Waals surface area (Å²) in [5, 5.41) is 0. The first-order valence-corrected chi connectivity index (χ1v) is 6.46. The highest BCUT2D eigenvalue weighted by molar-refractivity contribution is 5.39. The highest BCUT2D eigenvalue weighted by Crippen LogP contribution is 2.26. The number of anilines is 1. The summed E-state index contributed by atoms with van der Waals surface area (Å²) in [5.74, 6) is 1.20. The minimum atomic E-state index is 0.193. The average molecular weight is 235 g/mol. The van der Waals surface area contributed by atoms with Gasteiger partial charge >= 0.3 is 0 Å². The van der Waals surface area contributed by atoms with E-state index in [0.717, 1.165) is 18.7 Å². The van der Waals surface area contributed by atoms with Gasteiger partial charge in [-0.2, -0.15) is 0 Å². The molecule has 0 spiro atoms. The minimum absolute atomic E-state index is 0.193. The zero-order valence-corrected chi connectivity index (χ0v) is 11.4. The van der Waals surface area contributed by atoms with Crippen molar-refractivity contribution in [2.45, 2.75) is 40.2 Å². The van der Waals surface area contributed by atoms with Gasteiger partial charge in [0.2, 0.25) is 0 Å². The Morgan fingerprint density at radius 1 is 1.00 bits per heavy atom. The van der Waals surface area contributed by atoms with Crippen molar-refractivity contribution in [3.63, 3.8) is 0 Å². The molecule has 0 saturated heterocycles. The average Bonchev–Trinajstić information content (AvgIpc) is 2.25. The highest BCUT2D eigenvalue weighted by atomic mass is 16.5. The summed E-state index contributed by atoms with van der Waals surface area (Å²) >= 11 is 0. The van der Waals surface area contributed by atoms with Crippen molar-refractivity contribution in [1.82, 2.24) is 0 Å². The van der Waals surface area contributed by atoms with Gasteiger partial charge in [-0.25, -0.2) is 0 Å². The van der Waals surface area contributed by atoms with Gasteiger partial charge in [-0.1, -0.05) is 39.8 Å². The third-order valence-corrected chi connectivity index (χ3v) is 2.62. The van der Waals surface area contributed by atoms with Crippen LogP contribution in [-0.4, -0.2) is 6.61 Å². The zero-order valence-electron chi connectivity index (χ0n) is 11.4. The molecule has 1 atom stereocenters. The third kappa shape index (κ3) is 5.22. The van der Waals surface area contributed by atoms with Gasteiger partial charge in [0.1, 0.15) is 0 Å². The van der Waals surface area contributed by atoms with Crippen LogP contribution >= 0.6 is 0 Å². The highest BCUT2D eigenvalue weighted by Gasteiger charge is 2.14. The molecule has 0 bridgehead atoms. The van der Waals surface area contributed by atoms with E-state index in [-0.39, 0.29) is 6.10 Å². The summed E-state index contributed by atoms with van der Waals surface area (Å²) in [6.07, 6.45) is 1.24. The van der Waals surface area contributed by atoms with Gasteiger partial charge in [0.15, 0.2) is 0 Å². The Kier molecular flexibility index (Phi) is 5.49. The van der Waals surface area contributed by atoms with Gasteiger partial charge in [-0.05, 0) is 36.0 Å². The summed E-state index contributed by atoms with van der Waals surface area (Å²) in [7, 11) is 0. The van der Waals surface area contributed by atoms with Gasteiger partial charge in [0.05, 0.1) is 6.10 Å². The standard InChI is InChI=1S/C15H25NO/c1-11(2)9-15(17-10-12(3)4)13-5-7-14(16)8-6-13/h5-8,11-12,15H,9-10,16H2,1-4H3/t15-/m0/s1. The third-order valence-electron chi connectivity index (χ3n) is 2.62. The van der Waals surface area contributed by atoms with Gasteiger partial charge < -0.3 is 10.5 Å². The SMILES string of the molecule is CC(C)CO[C@@H](CC(C)C)c1ccc(N)cc1. The van der Waals surface area contributed by atoms with Crippen LogP contribution < -0.4 is 5.73 Å². The Morgan fingerprint density at radius 3 is 2.06 bits per heavy atom.